The maximum absolute atomic E-state index is 13.4. The van der Waals surface area contributed by atoms with Crippen LogP contribution in [0.25, 0.3) is 0 Å². The van der Waals surface area contributed by atoms with Crippen LogP contribution in [0, 0.1) is 6.92 Å². The summed E-state index contributed by atoms with van der Waals surface area (Å²) in [6.45, 7) is 6.91. The van der Waals surface area contributed by atoms with Gasteiger partial charge in [-0.3, -0.25) is 24.1 Å². The van der Waals surface area contributed by atoms with Crippen LogP contribution in [0.2, 0.25) is 0 Å². The molecule has 34 heavy (non-hydrogen) atoms. The van der Waals surface area contributed by atoms with E-state index in [4.69, 9.17) is 0 Å². The van der Waals surface area contributed by atoms with Crippen molar-refractivity contribution in [2.45, 2.75) is 59.0 Å². The van der Waals surface area contributed by atoms with Crippen molar-refractivity contribution in [2.24, 2.45) is 0 Å². The molecule has 1 N–H and O–H groups in total. The smallest absolute Gasteiger partial charge is 0.261 e. The lowest BCUT2D eigenvalue weighted by atomic mass is 10.1. The van der Waals surface area contributed by atoms with E-state index in [9.17, 15) is 19.2 Å². The highest BCUT2D eigenvalue weighted by molar-refractivity contribution is 6.21. The van der Waals surface area contributed by atoms with Crippen LogP contribution in [-0.2, 0) is 16.1 Å². The normalized spacial score (nSPS) is 13.6. The molecular formula is C27H33N3O4. The molecule has 1 aliphatic heterocycles. The molecule has 0 fully saturated rings. The third kappa shape index (κ3) is 5.53. The molecule has 7 heteroatoms. The van der Waals surface area contributed by atoms with Crippen LogP contribution < -0.4 is 5.32 Å². The molecule has 2 aromatic rings. The summed E-state index contributed by atoms with van der Waals surface area (Å²) in [6, 6.07) is 14.0. The second-order valence-electron chi connectivity index (χ2n) is 8.57. The summed E-state index contributed by atoms with van der Waals surface area (Å²) in [5.41, 5.74) is 2.84. The molecule has 7 nitrogen and oxygen atoms in total. The van der Waals surface area contributed by atoms with Crippen LogP contribution in [0.5, 0.6) is 0 Å². The van der Waals surface area contributed by atoms with E-state index in [-0.39, 0.29) is 36.6 Å². The lowest BCUT2D eigenvalue weighted by Crippen LogP contribution is -2.49. The fourth-order valence-electron chi connectivity index (χ4n) is 4.23. The fourth-order valence-corrected chi connectivity index (χ4v) is 4.23. The summed E-state index contributed by atoms with van der Waals surface area (Å²) in [4.78, 5) is 54.2. The molecule has 0 spiro atoms. The van der Waals surface area contributed by atoms with Crippen molar-refractivity contribution in [3.63, 3.8) is 0 Å². The average molecular weight is 464 g/mol. The number of nitrogens with one attached hydrogen (secondary N) is 1. The topological polar surface area (TPSA) is 86.8 Å². The highest BCUT2D eigenvalue weighted by Gasteiger charge is 2.35. The first-order chi connectivity index (χ1) is 16.4. The van der Waals surface area contributed by atoms with Crippen LogP contribution in [0.4, 0.5) is 0 Å². The Hall–Kier alpha value is -3.48. The molecule has 1 atom stereocenters. The number of hydrogen-bond donors (Lipinski definition) is 1. The number of benzene rings is 2. The Bertz CT molecular complexity index is 1030. The monoisotopic (exact) mass is 463 g/mol. The van der Waals surface area contributed by atoms with Crippen LogP contribution in [0.15, 0.2) is 48.5 Å². The van der Waals surface area contributed by atoms with E-state index in [1.807, 2.05) is 45.0 Å². The molecule has 2 aromatic carbocycles. The summed E-state index contributed by atoms with van der Waals surface area (Å²) >= 11 is 0. The fraction of sp³-hybridized carbons (Fsp3) is 0.407. The van der Waals surface area contributed by atoms with Crippen molar-refractivity contribution < 1.29 is 19.2 Å². The second-order valence-corrected chi connectivity index (χ2v) is 8.57. The van der Waals surface area contributed by atoms with Gasteiger partial charge in [0.25, 0.3) is 11.8 Å². The Balaban J connectivity index is 1.71. The zero-order valence-corrected chi connectivity index (χ0v) is 20.2. The van der Waals surface area contributed by atoms with Gasteiger partial charge in [0.05, 0.1) is 11.1 Å². The Morgan fingerprint density at radius 1 is 0.971 bits per heavy atom. The van der Waals surface area contributed by atoms with Crippen LogP contribution >= 0.6 is 0 Å². The predicted octanol–water partition coefficient (Wildman–Crippen LogP) is 3.70. The van der Waals surface area contributed by atoms with E-state index in [2.05, 4.69) is 5.32 Å². The molecule has 0 aliphatic carbocycles. The van der Waals surface area contributed by atoms with Crippen molar-refractivity contribution in [3.8, 4) is 0 Å². The van der Waals surface area contributed by atoms with E-state index < -0.39 is 6.04 Å². The molecule has 0 aromatic heterocycles. The Kier molecular flexibility index (Phi) is 8.57. The average Bonchev–Trinajstić information content (AvgIpc) is 3.08. The number of fused-ring (bicyclic) bond motifs is 1. The largest absolute Gasteiger partial charge is 0.354 e. The number of nitrogens with zero attached hydrogens (tertiary/aromatic N) is 2. The first kappa shape index (κ1) is 25.1. The van der Waals surface area contributed by atoms with Gasteiger partial charge in [0, 0.05) is 26.1 Å². The van der Waals surface area contributed by atoms with Gasteiger partial charge in [0.2, 0.25) is 11.8 Å². The van der Waals surface area contributed by atoms with Gasteiger partial charge >= 0.3 is 0 Å². The summed E-state index contributed by atoms with van der Waals surface area (Å²) in [5.74, 6) is -0.977. The van der Waals surface area contributed by atoms with Gasteiger partial charge in [-0.2, -0.15) is 0 Å². The quantitative estimate of drug-likeness (QED) is 0.515. The number of amides is 4. The van der Waals surface area contributed by atoms with Gasteiger partial charge in [-0.1, -0.05) is 50.2 Å². The Morgan fingerprint density at radius 3 is 2.18 bits per heavy atom. The molecule has 0 saturated heterocycles. The number of carbonyl (C=O) groups is 4. The number of imide groups is 1. The first-order valence-electron chi connectivity index (χ1n) is 12.0. The Labute approximate surface area is 201 Å². The SMILES string of the molecule is CCCNC(=O)[C@@H](CC)N(Cc1ccccc1C)C(=O)CCCN1C(=O)c2ccccc2C1=O. The maximum Gasteiger partial charge on any atom is 0.261 e. The summed E-state index contributed by atoms with van der Waals surface area (Å²) in [5, 5.41) is 2.91. The van der Waals surface area contributed by atoms with Crippen LogP contribution in [0.1, 0.15) is 71.4 Å². The van der Waals surface area contributed by atoms with Crippen LogP contribution in [0.3, 0.4) is 0 Å². The second kappa shape index (κ2) is 11.6. The standard InChI is InChI=1S/C27H33N3O4/c1-4-16-28-25(32)23(5-2)30(18-20-12-7-6-11-19(20)3)24(31)15-10-17-29-26(33)21-13-8-9-14-22(21)27(29)34/h6-9,11-14,23H,4-5,10,15-18H2,1-3H3,(H,28,32)/t23-/m1/s1. The summed E-state index contributed by atoms with van der Waals surface area (Å²) < 4.78 is 0. The predicted molar refractivity (Wildman–Crippen MR) is 130 cm³/mol. The lowest BCUT2D eigenvalue weighted by Gasteiger charge is -2.31. The molecule has 0 radical (unpaired) electrons. The number of rotatable bonds is 11. The third-order valence-electron chi connectivity index (χ3n) is 6.19. The van der Waals surface area contributed by atoms with Gasteiger partial charge in [0.1, 0.15) is 6.04 Å². The Morgan fingerprint density at radius 2 is 1.59 bits per heavy atom. The molecule has 1 heterocycles. The highest BCUT2D eigenvalue weighted by Crippen LogP contribution is 2.23. The van der Waals surface area contributed by atoms with E-state index >= 15 is 0 Å². The molecule has 0 bridgehead atoms. The minimum absolute atomic E-state index is 0.136. The first-order valence-corrected chi connectivity index (χ1v) is 12.0. The number of aryl methyl sites for hydroxylation is 1. The zero-order chi connectivity index (χ0) is 24.7. The van der Waals surface area contributed by atoms with E-state index in [0.717, 1.165) is 17.5 Å². The number of hydrogen-bond acceptors (Lipinski definition) is 4. The van der Waals surface area contributed by atoms with Crippen LogP contribution in [-0.4, -0.2) is 52.6 Å². The maximum atomic E-state index is 13.4. The van der Waals surface area contributed by atoms with Gasteiger partial charge in [-0.25, -0.2) is 0 Å². The zero-order valence-electron chi connectivity index (χ0n) is 20.2. The molecule has 1 aliphatic rings. The van der Waals surface area contributed by atoms with Gasteiger partial charge in [-0.05, 0) is 49.4 Å². The van der Waals surface area contributed by atoms with Gasteiger partial charge in [-0.15, -0.1) is 0 Å². The highest BCUT2D eigenvalue weighted by atomic mass is 16.2. The van der Waals surface area contributed by atoms with Crippen molar-refractivity contribution in [2.75, 3.05) is 13.1 Å². The van der Waals surface area contributed by atoms with Gasteiger partial charge < -0.3 is 10.2 Å². The van der Waals surface area contributed by atoms with E-state index in [1.165, 1.54) is 4.90 Å². The van der Waals surface area contributed by atoms with Gasteiger partial charge in [0.15, 0.2) is 0 Å². The summed E-state index contributed by atoms with van der Waals surface area (Å²) in [7, 11) is 0. The minimum atomic E-state index is -0.585. The summed E-state index contributed by atoms with van der Waals surface area (Å²) in [6.07, 6.45) is 1.78. The minimum Gasteiger partial charge on any atom is -0.354 e. The molecule has 0 unspecified atom stereocenters. The van der Waals surface area contributed by atoms with Crippen molar-refractivity contribution >= 4 is 23.6 Å². The molecule has 180 valence electrons. The number of carbonyl (C=O) groups excluding carboxylic acids is 4. The molecule has 3 rings (SSSR count). The third-order valence-corrected chi connectivity index (χ3v) is 6.19. The lowest BCUT2D eigenvalue weighted by molar-refractivity contribution is -0.141. The van der Waals surface area contributed by atoms with Crippen molar-refractivity contribution in [1.29, 1.82) is 0 Å². The molecule has 0 saturated carbocycles. The van der Waals surface area contributed by atoms with E-state index in [1.54, 1.807) is 29.2 Å². The van der Waals surface area contributed by atoms with E-state index in [0.29, 0.717) is 37.1 Å². The molecular weight excluding hydrogens is 430 g/mol. The molecule has 4 amide bonds. The van der Waals surface area contributed by atoms with Crippen molar-refractivity contribution in [1.82, 2.24) is 15.1 Å². The van der Waals surface area contributed by atoms with Crippen molar-refractivity contribution in [3.05, 3.63) is 70.8 Å².